The number of hydrogen-bond acceptors (Lipinski definition) is 4. The lowest BCUT2D eigenvalue weighted by Gasteiger charge is -2.08. The Morgan fingerprint density at radius 1 is 0.906 bits per heavy atom. The molecule has 0 aliphatic heterocycles. The van der Waals surface area contributed by atoms with Crippen molar-refractivity contribution in [3.63, 3.8) is 0 Å². The molecule has 0 atom stereocenters. The minimum Gasteiger partial charge on any atom is -0.326 e. The maximum atomic E-state index is 12.6. The first-order chi connectivity index (χ1) is 15.5. The van der Waals surface area contributed by atoms with Gasteiger partial charge in [-0.15, -0.1) is 11.3 Å². The second-order valence-electron chi connectivity index (χ2n) is 7.75. The fraction of sp³-hybridized carbons (Fsp3) is 0.192. The van der Waals surface area contributed by atoms with Crippen molar-refractivity contribution in [2.24, 2.45) is 0 Å². The van der Waals surface area contributed by atoms with Crippen LogP contribution in [0.25, 0.3) is 20.8 Å². The first-order valence-electron chi connectivity index (χ1n) is 10.7. The van der Waals surface area contributed by atoms with E-state index in [1.165, 1.54) is 10.3 Å². The summed E-state index contributed by atoms with van der Waals surface area (Å²) in [4.78, 5) is 29.1. The Kier molecular flexibility index (Phi) is 6.61. The highest BCUT2D eigenvalue weighted by atomic mass is 32.1. The fourth-order valence-electron chi connectivity index (χ4n) is 3.32. The number of amides is 2. The average molecular weight is 444 g/mol. The third-order valence-corrected chi connectivity index (χ3v) is 6.19. The fourth-order valence-corrected chi connectivity index (χ4v) is 4.39. The Balaban J connectivity index is 1.39. The second-order valence-corrected chi connectivity index (χ2v) is 8.78. The maximum Gasteiger partial charge on any atom is 0.255 e. The van der Waals surface area contributed by atoms with E-state index in [0.29, 0.717) is 23.4 Å². The molecule has 1 aromatic heterocycles. The van der Waals surface area contributed by atoms with E-state index in [4.69, 9.17) is 4.98 Å². The molecule has 4 rings (SSSR count). The number of rotatable bonds is 7. The molecule has 5 nitrogen and oxygen atoms in total. The molecule has 1 heterocycles. The van der Waals surface area contributed by atoms with Gasteiger partial charge < -0.3 is 10.6 Å². The number of aryl methyl sites for hydroxylation is 1. The van der Waals surface area contributed by atoms with Crippen LogP contribution >= 0.6 is 11.3 Å². The van der Waals surface area contributed by atoms with Crippen LogP contribution in [0.1, 0.15) is 42.1 Å². The van der Waals surface area contributed by atoms with Gasteiger partial charge in [-0.3, -0.25) is 9.59 Å². The maximum absolute atomic E-state index is 12.6. The molecule has 32 heavy (non-hydrogen) atoms. The summed E-state index contributed by atoms with van der Waals surface area (Å²) in [7, 11) is 0. The van der Waals surface area contributed by atoms with Gasteiger partial charge in [-0.2, -0.15) is 0 Å². The van der Waals surface area contributed by atoms with Crippen LogP contribution in [-0.2, 0) is 4.79 Å². The van der Waals surface area contributed by atoms with E-state index in [0.717, 1.165) is 28.9 Å². The van der Waals surface area contributed by atoms with Crippen molar-refractivity contribution in [1.29, 1.82) is 0 Å². The van der Waals surface area contributed by atoms with Crippen LogP contribution in [0, 0.1) is 6.92 Å². The number of benzene rings is 3. The third-order valence-electron chi connectivity index (χ3n) is 5.12. The normalized spacial score (nSPS) is 10.8. The minimum atomic E-state index is -0.197. The first kappa shape index (κ1) is 21.7. The van der Waals surface area contributed by atoms with E-state index >= 15 is 0 Å². The number of carbonyl (C=O) groups is 2. The molecule has 0 aliphatic carbocycles. The Labute approximate surface area is 191 Å². The van der Waals surface area contributed by atoms with Gasteiger partial charge in [0.2, 0.25) is 5.91 Å². The quantitative estimate of drug-likeness (QED) is 0.336. The molecule has 0 saturated heterocycles. The molecule has 6 heteroatoms. The average Bonchev–Trinajstić information content (AvgIpc) is 3.22. The molecular formula is C26H25N3O2S. The van der Waals surface area contributed by atoms with Gasteiger partial charge in [-0.25, -0.2) is 4.98 Å². The van der Waals surface area contributed by atoms with Crippen LogP contribution in [0.4, 0.5) is 11.4 Å². The van der Waals surface area contributed by atoms with Gasteiger partial charge in [0.05, 0.1) is 10.2 Å². The summed E-state index contributed by atoms with van der Waals surface area (Å²) in [5, 5.41) is 6.73. The number of fused-ring (bicyclic) bond motifs is 1. The van der Waals surface area contributed by atoms with Crippen molar-refractivity contribution in [1.82, 2.24) is 4.98 Å². The van der Waals surface area contributed by atoms with E-state index in [-0.39, 0.29) is 11.8 Å². The van der Waals surface area contributed by atoms with Crippen LogP contribution in [-0.4, -0.2) is 16.8 Å². The topological polar surface area (TPSA) is 71.1 Å². The van der Waals surface area contributed by atoms with Crippen molar-refractivity contribution in [3.05, 3.63) is 77.9 Å². The highest BCUT2D eigenvalue weighted by Gasteiger charge is 2.09. The largest absolute Gasteiger partial charge is 0.326 e. The monoisotopic (exact) mass is 443 g/mol. The lowest BCUT2D eigenvalue weighted by atomic mass is 10.1. The Hall–Kier alpha value is -3.51. The molecular weight excluding hydrogens is 418 g/mol. The predicted molar refractivity (Wildman–Crippen MR) is 132 cm³/mol. The zero-order valence-electron chi connectivity index (χ0n) is 18.1. The molecule has 4 aromatic rings. The number of hydrogen-bond donors (Lipinski definition) is 2. The summed E-state index contributed by atoms with van der Waals surface area (Å²) < 4.78 is 1.17. The lowest BCUT2D eigenvalue weighted by Crippen LogP contribution is -2.13. The minimum absolute atomic E-state index is 0.00703. The Bertz CT molecular complexity index is 1240. The molecule has 0 spiro atoms. The molecule has 2 amide bonds. The number of carbonyl (C=O) groups excluding carboxylic acids is 2. The summed E-state index contributed by atoms with van der Waals surface area (Å²) in [6.07, 6.45) is 2.35. The number of anilines is 2. The van der Waals surface area contributed by atoms with Gasteiger partial charge >= 0.3 is 0 Å². The second kappa shape index (κ2) is 9.75. The highest BCUT2D eigenvalue weighted by molar-refractivity contribution is 7.21. The van der Waals surface area contributed by atoms with Crippen molar-refractivity contribution in [2.75, 3.05) is 10.6 Å². The molecule has 2 N–H and O–H groups in total. The van der Waals surface area contributed by atoms with E-state index in [1.54, 1.807) is 35.6 Å². The van der Waals surface area contributed by atoms with Crippen molar-refractivity contribution in [3.8, 4) is 10.6 Å². The molecule has 0 aliphatic rings. The van der Waals surface area contributed by atoms with Crippen LogP contribution in [0.3, 0.4) is 0 Å². The number of nitrogens with zero attached hydrogens (tertiary/aromatic N) is 1. The van der Waals surface area contributed by atoms with Crippen molar-refractivity contribution >= 4 is 44.7 Å². The van der Waals surface area contributed by atoms with Crippen LogP contribution < -0.4 is 10.6 Å². The summed E-state index contributed by atoms with van der Waals surface area (Å²) in [6.45, 7) is 4.13. The summed E-state index contributed by atoms with van der Waals surface area (Å²) in [5.41, 5.74) is 5.17. The van der Waals surface area contributed by atoms with Gasteiger partial charge in [0.25, 0.3) is 5.91 Å². The predicted octanol–water partition coefficient (Wildman–Crippen LogP) is 6.65. The number of aromatic nitrogens is 1. The van der Waals surface area contributed by atoms with E-state index < -0.39 is 0 Å². The Morgan fingerprint density at radius 3 is 2.31 bits per heavy atom. The summed E-state index contributed by atoms with van der Waals surface area (Å²) >= 11 is 1.66. The molecule has 0 radical (unpaired) electrons. The number of thiazole rings is 1. The lowest BCUT2D eigenvalue weighted by molar-refractivity contribution is -0.116. The molecule has 0 bridgehead atoms. The van der Waals surface area contributed by atoms with Gasteiger partial charge in [0.15, 0.2) is 0 Å². The molecule has 0 unspecified atom stereocenters. The zero-order valence-corrected chi connectivity index (χ0v) is 19.0. The molecule has 0 fully saturated rings. The standard InChI is InChI=1S/C26H25N3O2S/c1-3-4-5-24(30)27-20-11-7-18(8-12-20)25(31)28-21-13-9-19(10-14-21)26-29-22-15-6-17(2)16-23(22)32-26/h6-16H,3-5H2,1-2H3,(H,27,30)(H,28,31). The van der Waals surface area contributed by atoms with Crippen LogP contribution in [0.2, 0.25) is 0 Å². The molecule has 3 aromatic carbocycles. The van der Waals surface area contributed by atoms with Gasteiger partial charge in [0.1, 0.15) is 5.01 Å². The smallest absolute Gasteiger partial charge is 0.255 e. The van der Waals surface area contributed by atoms with Gasteiger partial charge in [-0.05, 0) is 79.6 Å². The van der Waals surface area contributed by atoms with E-state index in [9.17, 15) is 9.59 Å². The SMILES string of the molecule is CCCCC(=O)Nc1ccc(C(=O)Nc2ccc(-c3nc4ccc(C)cc4s3)cc2)cc1. The number of unbranched alkanes of at least 4 members (excludes halogenated alkanes) is 1. The zero-order chi connectivity index (χ0) is 22.5. The summed E-state index contributed by atoms with van der Waals surface area (Å²) in [5.74, 6) is -0.204. The van der Waals surface area contributed by atoms with Gasteiger partial charge in [0, 0.05) is 28.9 Å². The van der Waals surface area contributed by atoms with E-state index in [2.05, 4.69) is 36.6 Å². The van der Waals surface area contributed by atoms with Crippen molar-refractivity contribution in [2.45, 2.75) is 33.1 Å². The first-order valence-corrected chi connectivity index (χ1v) is 11.5. The number of nitrogens with one attached hydrogen (secondary N) is 2. The highest BCUT2D eigenvalue weighted by Crippen LogP contribution is 2.31. The molecule has 0 saturated carbocycles. The molecule has 162 valence electrons. The van der Waals surface area contributed by atoms with Gasteiger partial charge in [-0.1, -0.05) is 19.4 Å². The summed E-state index contributed by atoms with van der Waals surface area (Å²) in [6, 6.07) is 20.9. The van der Waals surface area contributed by atoms with Crippen LogP contribution in [0.15, 0.2) is 66.7 Å². The van der Waals surface area contributed by atoms with Crippen LogP contribution in [0.5, 0.6) is 0 Å². The third kappa shape index (κ3) is 5.21. The van der Waals surface area contributed by atoms with E-state index in [1.807, 2.05) is 30.3 Å². The Morgan fingerprint density at radius 2 is 1.59 bits per heavy atom. The van der Waals surface area contributed by atoms with Crippen molar-refractivity contribution < 1.29 is 9.59 Å².